The van der Waals surface area contributed by atoms with Crippen molar-refractivity contribution in [2.24, 2.45) is 5.84 Å². The fourth-order valence-corrected chi connectivity index (χ4v) is 5.05. The molecular formula is C11H13N5O2S3. The van der Waals surface area contributed by atoms with Gasteiger partial charge in [0, 0.05) is 16.5 Å². The lowest BCUT2D eigenvalue weighted by Gasteiger charge is -2.13. The summed E-state index contributed by atoms with van der Waals surface area (Å²) >= 11 is 2.83. The summed E-state index contributed by atoms with van der Waals surface area (Å²) in [5.74, 6) is 5.52. The SMILES string of the molecule is CC(NS(=O)(=O)c1c(NN)nc2sccn12)c1cccs1. The first-order valence-corrected chi connectivity index (χ1v) is 9.25. The zero-order valence-corrected chi connectivity index (χ0v) is 13.4. The number of rotatable bonds is 5. The number of nitrogen functional groups attached to an aromatic ring is 1. The van der Waals surface area contributed by atoms with E-state index in [1.165, 1.54) is 27.1 Å². The average Bonchev–Trinajstić information content (AvgIpc) is 3.13. The van der Waals surface area contributed by atoms with Crippen LogP contribution in [0, 0.1) is 0 Å². The van der Waals surface area contributed by atoms with Gasteiger partial charge < -0.3 is 5.43 Å². The molecule has 0 radical (unpaired) electrons. The Morgan fingerprint density at radius 1 is 1.38 bits per heavy atom. The molecule has 3 heterocycles. The Kier molecular flexibility index (Phi) is 3.71. The van der Waals surface area contributed by atoms with Crippen LogP contribution in [-0.2, 0) is 10.0 Å². The maximum atomic E-state index is 12.6. The molecule has 0 saturated heterocycles. The second kappa shape index (κ2) is 5.39. The number of thiophene rings is 1. The van der Waals surface area contributed by atoms with Crippen LogP contribution in [0.15, 0.2) is 34.1 Å². The molecule has 0 bridgehead atoms. The summed E-state index contributed by atoms with van der Waals surface area (Å²) in [7, 11) is -3.76. The minimum absolute atomic E-state index is 0.0182. The van der Waals surface area contributed by atoms with E-state index in [-0.39, 0.29) is 16.9 Å². The van der Waals surface area contributed by atoms with Gasteiger partial charge in [0.15, 0.2) is 10.8 Å². The van der Waals surface area contributed by atoms with Crippen molar-refractivity contribution in [2.45, 2.75) is 18.0 Å². The van der Waals surface area contributed by atoms with Crippen molar-refractivity contribution in [3.8, 4) is 0 Å². The number of fused-ring (bicyclic) bond motifs is 1. The Labute approximate surface area is 129 Å². The minimum Gasteiger partial charge on any atom is -0.306 e. The number of hydrogen-bond acceptors (Lipinski definition) is 7. The van der Waals surface area contributed by atoms with Gasteiger partial charge >= 0.3 is 0 Å². The largest absolute Gasteiger partial charge is 0.306 e. The van der Waals surface area contributed by atoms with E-state index in [1.54, 1.807) is 18.5 Å². The third kappa shape index (κ3) is 2.56. The van der Waals surface area contributed by atoms with Gasteiger partial charge in [-0.05, 0) is 18.4 Å². The smallest absolute Gasteiger partial charge is 0.261 e. The summed E-state index contributed by atoms with van der Waals surface area (Å²) in [4.78, 5) is 5.66. The predicted molar refractivity (Wildman–Crippen MR) is 83.9 cm³/mol. The number of aromatic nitrogens is 2. The molecule has 21 heavy (non-hydrogen) atoms. The highest BCUT2D eigenvalue weighted by Gasteiger charge is 2.27. The van der Waals surface area contributed by atoms with Crippen molar-refractivity contribution in [2.75, 3.05) is 5.43 Å². The van der Waals surface area contributed by atoms with Gasteiger partial charge in [0.1, 0.15) is 0 Å². The summed E-state index contributed by atoms with van der Waals surface area (Å²) in [5, 5.41) is 3.69. The van der Waals surface area contributed by atoms with Crippen molar-refractivity contribution in [3.05, 3.63) is 34.0 Å². The highest BCUT2D eigenvalue weighted by molar-refractivity contribution is 7.89. The first-order valence-electron chi connectivity index (χ1n) is 6.01. The lowest BCUT2D eigenvalue weighted by molar-refractivity contribution is 0.564. The minimum atomic E-state index is -3.76. The standard InChI is InChI=1S/C11H13N5O2S3/c1-7(8-3-2-5-19-8)15-21(17,18)10-9(14-12)13-11-16(10)4-6-20-11/h2-7,14-15H,12H2,1H3. The van der Waals surface area contributed by atoms with E-state index >= 15 is 0 Å². The van der Waals surface area contributed by atoms with Crippen molar-refractivity contribution in [1.82, 2.24) is 14.1 Å². The van der Waals surface area contributed by atoms with Gasteiger partial charge in [0.05, 0.1) is 6.04 Å². The van der Waals surface area contributed by atoms with E-state index in [1.807, 2.05) is 17.5 Å². The van der Waals surface area contributed by atoms with Gasteiger partial charge in [0.2, 0.25) is 5.03 Å². The molecule has 0 aromatic carbocycles. The average molecular weight is 343 g/mol. The Morgan fingerprint density at radius 3 is 2.86 bits per heavy atom. The van der Waals surface area contributed by atoms with E-state index in [4.69, 9.17) is 5.84 Å². The van der Waals surface area contributed by atoms with E-state index in [0.29, 0.717) is 4.96 Å². The Morgan fingerprint density at radius 2 is 2.19 bits per heavy atom. The van der Waals surface area contributed by atoms with Gasteiger partial charge in [-0.2, -0.15) is 4.98 Å². The summed E-state index contributed by atoms with van der Waals surface area (Å²) in [5.41, 5.74) is 2.34. The van der Waals surface area contributed by atoms with Crippen molar-refractivity contribution in [1.29, 1.82) is 0 Å². The van der Waals surface area contributed by atoms with E-state index in [2.05, 4.69) is 15.1 Å². The summed E-state index contributed by atoms with van der Waals surface area (Å²) < 4.78 is 29.4. The molecule has 10 heteroatoms. The topological polar surface area (TPSA) is 102 Å². The molecule has 3 aromatic rings. The molecule has 0 saturated carbocycles. The van der Waals surface area contributed by atoms with Crippen LogP contribution in [0.25, 0.3) is 4.96 Å². The monoisotopic (exact) mass is 343 g/mol. The number of nitrogens with one attached hydrogen (secondary N) is 2. The van der Waals surface area contributed by atoms with Gasteiger partial charge in [-0.25, -0.2) is 19.0 Å². The van der Waals surface area contributed by atoms with Crippen molar-refractivity contribution in [3.63, 3.8) is 0 Å². The molecule has 3 rings (SSSR count). The summed E-state index contributed by atoms with van der Waals surface area (Å²) in [6.45, 7) is 1.80. The molecule has 1 atom stereocenters. The second-order valence-electron chi connectivity index (χ2n) is 4.32. The Bertz CT molecular complexity index is 850. The molecule has 0 aliphatic rings. The number of anilines is 1. The highest BCUT2D eigenvalue weighted by Crippen LogP contribution is 2.27. The maximum Gasteiger partial charge on any atom is 0.261 e. The summed E-state index contributed by atoms with van der Waals surface area (Å²) in [6, 6.07) is 3.44. The fourth-order valence-electron chi connectivity index (χ4n) is 2.00. The Hall–Kier alpha value is -1.46. The highest BCUT2D eigenvalue weighted by atomic mass is 32.2. The molecule has 0 aliphatic carbocycles. The lowest BCUT2D eigenvalue weighted by Crippen LogP contribution is -2.28. The third-order valence-electron chi connectivity index (χ3n) is 2.91. The van der Waals surface area contributed by atoms with E-state index < -0.39 is 10.0 Å². The van der Waals surface area contributed by atoms with Gasteiger partial charge in [-0.1, -0.05) is 6.07 Å². The van der Waals surface area contributed by atoms with Gasteiger partial charge in [-0.15, -0.1) is 22.7 Å². The quantitative estimate of drug-likeness (QED) is 0.484. The van der Waals surface area contributed by atoms with Crippen LogP contribution in [0.5, 0.6) is 0 Å². The number of nitrogens with two attached hydrogens (primary N) is 1. The molecule has 3 aromatic heterocycles. The zero-order valence-electron chi connectivity index (χ0n) is 11.0. The number of hydrazine groups is 1. The van der Waals surface area contributed by atoms with E-state index in [9.17, 15) is 8.42 Å². The third-order valence-corrected chi connectivity index (χ3v) is 6.29. The summed E-state index contributed by atoms with van der Waals surface area (Å²) in [6.07, 6.45) is 1.65. The molecule has 112 valence electrons. The number of thiazole rings is 1. The number of sulfonamides is 1. The van der Waals surface area contributed by atoms with Crippen LogP contribution in [0.3, 0.4) is 0 Å². The van der Waals surface area contributed by atoms with Crippen LogP contribution < -0.4 is 16.0 Å². The molecule has 7 nitrogen and oxygen atoms in total. The molecule has 0 spiro atoms. The second-order valence-corrected chi connectivity index (χ2v) is 7.81. The van der Waals surface area contributed by atoms with Gasteiger partial charge in [0.25, 0.3) is 10.0 Å². The predicted octanol–water partition coefficient (Wildman–Crippen LogP) is 1.78. The first-order chi connectivity index (χ1) is 10.0. The molecule has 1 unspecified atom stereocenters. The van der Waals surface area contributed by atoms with Gasteiger partial charge in [-0.3, -0.25) is 4.40 Å². The lowest BCUT2D eigenvalue weighted by atomic mass is 10.3. The molecule has 0 fully saturated rings. The number of nitrogens with zero attached hydrogens (tertiary/aromatic N) is 2. The van der Waals surface area contributed by atoms with Crippen LogP contribution >= 0.6 is 22.7 Å². The maximum absolute atomic E-state index is 12.6. The zero-order chi connectivity index (χ0) is 15.0. The molecule has 0 amide bonds. The fraction of sp³-hybridized carbons (Fsp3) is 0.182. The van der Waals surface area contributed by atoms with Crippen LogP contribution in [0.4, 0.5) is 5.82 Å². The van der Waals surface area contributed by atoms with Crippen LogP contribution in [0.1, 0.15) is 17.8 Å². The van der Waals surface area contributed by atoms with Crippen LogP contribution in [0.2, 0.25) is 0 Å². The van der Waals surface area contributed by atoms with Crippen molar-refractivity contribution >= 4 is 43.5 Å². The van der Waals surface area contributed by atoms with Crippen molar-refractivity contribution < 1.29 is 8.42 Å². The Balaban J connectivity index is 2.02. The number of hydrogen-bond donors (Lipinski definition) is 3. The molecule has 0 aliphatic heterocycles. The van der Waals surface area contributed by atoms with E-state index in [0.717, 1.165) is 4.88 Å². The van der Waals surface area contributed by atoms with Crippen LogP contribution in [-0.4, -0.2) is 17.8 Å². The molecule has 4 N–H and O–H groups in total. The molecular weight excluding hydrogens is 330 g/mol. The normalized spacial score (nSPS) is 13.6. The number of imidazole rings is 1. The first kappa shape index (κ1) is 14.5.